The molecule has 0 saturated carbocycles. The number of nitrogens with zero attached hydrogens (tertiary/aromatic N) is 1. The molecule has 0 aliphatic heterocycles. The van der Waals surface area contributed by atoms with Crippen LogP contribution in [0.2, 0.25) is 4.34 Å². The van der Waals surface area contributed by atoms with Crippen molar-refractivity contribution in [2.75, 3.05) is 5.32 Å². The zero-order valence-electron chi connectivity index (χ0n) is 10.0. The lowest BCUT2D eigenvalue weighted by Gasteiger charge is -2.04. The Morgan fingerprint density at radius 2 is 2.15 bits per heavy atom. The summed E-state index contributed by atoms with van der Waals surface area (Å²) in [4.78, 5) is 27.2. The van der Waals surface area contributed by atoms with E-state index >= 15 is 0 Å². The van der Waals surface area contributed by atoms with Crippen molar-refractivity contribution in [3.63, 3.8) is 0 Å². The van der Waals surface area contributed by atoms with Crippen LogP contribution in [0.3, 0.4) is 0 Å². The number of carbonyl (C=O) groups is 2. The molecule has 0 atom stereocenters. The van der Waals surface area contributed by atoms with E-state index in [1.165, 1.54) is 29.7 Å². The molecule has 0 spiro atoms. The molecule has 0 aliphatic rings. The highest BCUT2D eigenvalue weighted by Gasteiger charge is 2.11. The van der Waals surface area contributed by atoms with E-state index in [9.17, 15) is 9.59 Å². The van der Waals surface area contributed by atoms with Gasteiger partial charge in [-0.1, -0.05) is 11.6 Å². The molecule has 0 fully saturated rings. The lowest BCUT2D eigenvalue weighted by atomic mass is 10.3. The number of carbonyl (C=O) groups excluding carboxylic acids is 1. The van der Waals surface area contributed by atoms with Crippen molar-refractivity contribution in [2.45, 2.75) is 0 Å². The fourth-order valence-electron chi connectivity index (χ4n) is 1.43. The van der Waals surface area contributed by atoms with Crippen molar-refractivity contribution in [1.29, 1.82) is 0 Å². The Balaban J connectivity index is 2.09. The molecule has 1 amide bonds. The molecule has 2 rings (SSSR count). The van der Waals surface area contributed by atoms with Crippen LogP contribution in [0.4, 0.5) is 5.69 Å². The van der Waals surface area contributed by atoms with Crippen molar-refractivity contribution in [3.05, 3.63) is 51.4 Å². The minimum atomic E-state index is -1.20. The molecule has 20 heavy (non-hydrogen) atoms. The van der Waals surface area contributed by atoms with E-state index in [-0.39, 0.29) is 11.4 Å². The number of carboxylic acid groups (broad SMARTS) is 1. The van der Waals surface area contributed by atoms with Gasteiger partial charge in [-0.15, -0.1) is 11.3 Å². The molecule has 2 heterocycles. The number of amides is 1. The Kier molecular flexibility index (Phi) is 4.49. The molecule has 0 bridgehead atoms. The van der Waals surface area contributed by atoms with E-state index in [0.29, 0.717) is 4.34 Å². The standard InChI is InChI=1S/C13H9ClN2O3S/c14-10-5-3-8(20-10)4-6-11(17)16-9-2-1-7-15-12(9)13(18)19/h1-7H,(H,16,17)(H,18,19)/b6-4+. The molecule has 7 heteroatoms. The van der Waals surface area contributed by atoms with Gasteiger partial charge in [-0.25, -0.2) is 9.78 Å². The lowest BCUT2D eigenvalue weighted by Crippen LogP contribution is -2.13. The van der Waals surface area contributed by atoms with E-state index < -0.39 is 11.9 Å². The number of hydrogen-bond acceptors (Lipinski definition) is 4. The van der Waals surface area contributed by atoms with Gasteiger partial charge in [-0.3, -0.25) is 4.79 Å². The van der Waals surface area contributed by atoms with Gasteiger partial charge in [0, 0.05) is 17.2 Å². The second-order valence-corrected chi connectivity index (χ2v) is 5.42. The van der Waals surface area contributed by atoms with Crippen molar-refractivity contribution in [2.24, 2.45) is 0 Å². The summed E-state index contributed by atoms with van der Waals surface area (Å²) in [5.74, 6) is -1.64. The van der Waals surface area contributed by atoms with Gasteiger partial charge in [0.2, 0.25) is 5.91 Å². The van der Waals surface area contributed by atoms with Gasteiger partial charge >= 0.3 is 5.97 Å². The molecular formula is C13H9ClN2O3S. The average Bonchev–Trinajstić information content (AvgIpc) is 2.83. The number of pyridine rings is 1. The highest BCUT2D eigenvalue weighted by molar-refractivity contribution is 7.17. The number of aromatic carboxylic acids is 1. The van der Waals surface area contributed by atoms with E-state index in [0.717, 1.165) is 4.88 Å². The molecule has 0 aliphatic carbocycles. The number of aromatic nitrogens is 1. The Morgan fingerprint density at radius 3 is 2.80 bits per heavy atom. The molecule has 0 radical (unpaired) electrons. The van der Waals surface area contributed by atoms with Crippen LogP contribution in [-0.4, -0.2) is 22.0 Å². The third kappa shape index (κ3) is 3.66. The predicted octanol–water partition coefficient (Wildman–Crippen LogP) is 3.15. The van der Waals surface area contributed by atoms with E-state index in [1.807, 2.05) is 0 Å². The van der Waals surface area contributed by atoms with Gasteiger partial charge in [-0.05, 0) is 30.3 Å². The average molecular weight is 309 g/mol. The minimum absolute atomic E-state index is 0.152. The third-order valence-electron chi connectivity index (χ3n) is 2.26. The van der Waals surface area contributed by atoms with Crippen LogP contribution >= 0.6 is 22.9 Å². The maximum absolute atomic E-state index is 11.7. The van der Waals surface area contributed by atoms with E-state index in [4.69, 9.17) is 16.7 Å². The van der Waals surface area contributed by atoms with Gasteiger partial charge in [0.1, 0.15) is 0 Å². The van der Waals surface area contributed by atoms with Crippen LogP contribution in [0.5, 0.6) is 0 Å². The molecule has 2 aromatic heterocycles. The monoisotopic (exact) mass is 308 g/mol. The number of thiophene rings is 1. The molecule has 0 aromatic carbocycles. The van der Waals surface area contributed by atoms with Crippen LogP contribution in [0.1, 0.15) is 15.4 Å². The fourth-order valence-corrected chi connectivity index (χ4v) is 2.39. The van der Waals surface area contributed by atoms with Gasteiger partial charge in [0.25, 0.3) is 0 Å². The number of anilines is 1. The number of halogens is 1. The summed E-state index contributed by atoms with van der Waals surface area (Å²) in [7, 11) is 0. The van der Waals surface area contributed by atoms with Crippen LogP contribution in [0.15, 0.2) is 36.5 Å². The highest BCUT2D eigenvalue weighted by atomic mass is 35.5. The van der Waals surface area contributed by atoms with Crippen LogP contribution in [-0.2, 0) is 4.79 Å². The lowest BCUT2D eigenvalue weighted by molar-refractivity contribution is -0.111. The number of carboxylic acids is 1. The summed E-state index contributed by atoms with van der Waals surface area (Å²) in [5, 5.41) is 11.4. The second-order valence-electron chi connectivity index (χ2n) is 3.67. The van der Waals surface area contributed by atoms with Crippen molar-refractivity contribution in [1.82, 2.24) is 4.98 Å². The molecular weight excluding hydrogens is 300 g/mol. The molecule has 2 N–H and O–H groups in total. The zero-order chi connectivity index (χ0) is 14.5. The fraction of sp³-hybridized carbons (Fsp3) is 0. The number of nitrogens with one attached hydrogen (secondary N) is 1. The minimum Gasteiger partial charge on any atom is -0.476 e. The second kappa shape index (κ2) is 6.31. The molecule has 5 nitrogen and oxygen atoms in total. The first kappa shape index (κ1) is 14.2. The van der Waals surface area contributed by atoms with E-state index in [1.54, 1.807) is 24.3 Å². The molecule has 102 valence electrons. The first-order valence-electron chi connectivity index (χ1n) is 5.49. The first-order valence-corrected chi connectivity index (χ1v) is 6.68. The quantitative estimate of drug-likeness (QED) is 0.850. The summed E-state index contributed by atoms with van der Waals surface area (Å²) in [6.45, 7) is 0. The van der Waals surface area contributed by atoms with Gasteiger partial charge in [0.05, 0.1) is 10.0 Å². The Morgan fingerprint density at radius 1 is 1.35 bits per heavy atom. The molecule has 0 saturated heterocycles. The summed E-state index contributed by atoms with van der Waals surface area (Å²) >= 11 is 7.11. The predicted molar refractivity (Wildman–Crippen MR) is 78.2 cm³/mol. The largest absolute Gasteiger partial charge is 0.476 e. The number of hydrogen-bond donors (Lipinski definition) is 2. The van der Waals surface area contributed by atoms with Gasteiger partial charge in [0.15, 0.2) is 5.69 Å². The summed E-state index contributed by atoms with van der Waals surface area (Å²) < 4.78 is 0.630. The van der Waals surface area contributed by atoms with Crippen LogP contribution in [0.25, 0.3) is 6.08 Å². The smallest absolute Gasteiger partial charge is 0.356 e. The highest BCUT2D eigenvalue weighted by Crippen LogP contribution is 2.22. The van der Waals surface area contributed by atoms with Gasteiger partial charge in [-0.2, -0.15) is 0 Å². The first-order chi connectivity index (χ1) is 9.56. The van der Waals surface area contributed by atoms with Crippen molar-refractivity contribution < 1.29 is 14.7 Å². The Labute approximate surface area is 123 Å². The number of rotatable bonds is 4. The summed E-state index contributed by atoms with van der Waals surface area (Å²) in [6, 6.07) is 6.53. The van der Waals surface area contributed by atoms with Gasteiger partial charge < -0.3 is 10.4 Å². The maximum atomic E-state index is 11.7. The third-order valence-corrected chi connectivity index (χ3v) is 3.46. The maximum Gasteiger partial charge on any atom is 0.356 e. The summed E-state index contributed by atoms with van der Waals surface area (Å²) in [5.41, 5.74) is -0.0488. The van der Waals surface area contributed by atoms with Crippen molar-refractivity contribution >= 4 is 46.6 Å². The normalized spacial score (nSPS) is 10.7. The Bertz CT molecular complexity index is 682. The van der Waals surface area contributed by atoms with E-state index in [2.05, 4.69) is 10.3 Å². The topological polar surface area (TPSA) is 79.3 Å². The molecule has 0 unspecified atom stereocenters. The summed E-state index contributed by atoms with van der Waals surface area (Å²) in [6.07, 6.45) is 4.26. The van der Waals surface area contributed by atoms with Crippen LogP contribution < -0.4 is 5.32 Å². The zero-order valence-corrected chi connectivity index (χ0v) is 11.6. The van der Waals surface area contributed by atoms with Crippen molar-refractivity contribution in [3.8, 4) is 0 Å². The SMILES string of the molecule is O=C(/C=C/c1ccc(Cl)s1)Nc1cccnc1C(=O)O. The van der Waals surface area contributed by atoms with Crippen LogP contribution in [0, 0.1) is 0 Å². The molecule has 2 aromatic rings. The Hall–Kier alpha value is -2.18.